The number of ether oxygens (including phenoxy) is 3. The van der Waals surface area contributed by atoms with Gasteiger partial charge in [-0.3, -0.25) is 14.6 Å². The van der Waals surface area contributed by atoms with E-state index in [1.807, 2.05) is 30.4 Å². The lowest BCUT2D eigenvalue weighted by atomic mass is 10.0. The maximum atomic E-state index is 12.9. The number of nitrogens with zero attached hydrogens (tertiary/aromatic N) is 1. The lowest BCUT2D eigenvalue weighted by Crippen LogP contribution is -2.36. The molecule has 0 bridgehead atoms. The van der Waals surface area contributed by atoms with Crippen LogP contribution in [0.1, 0.15) is 26.3 Å². The molecule has 0 fully saturated rings. The topological polar surface area (TPSA) is 110 Å². The number of carbonyl (C=O) groups is 2. The quantitative estimate of drug-likeness (QED) is 0.373. The van der Waals surface area contributed by atoms with E-state index in [0.717, 1.165) is 11.4 Å². The zero-order chi connectivity index (χ0) is 28.2. The maximum absolute atomic E-state index is 12.9. The summed E-state index contributed by atoms with van der Waals surface area (Å²) in [5.74, 6) is 1.39. The highest BCUT2D eigenvalue weighted by Crippen LogP contribution is 2.38. The first-order valence-electron chi connectivity index (χ1n) is 12.4. The maximum Gasteiger partial charge on any atom is 0.255 e. The Morgan fingerprint density at radius 3 is 2.12 bits per heavy atom. The number of benzene rings is 3. The van der Waals surface area contributed by atoms with Gasteiger partial charge in [0.05, 0.1) is 33.4 Å². The third-order valence-electron chi connectivity index (χ3n) is 6.49. The molecule has 0 aromatic heterocycles. The van der Waals surface area contributed by atoms with E-state index in [9.17, 15) is 9.59 Å². The molecule has 0 saturated heterocycles. The molecule has 10 heteroatoms. The van der Waals surface area contributed by atoms with Crippen molar-refractivity contribution in [3.63, 3.8) is 0 Å². The SMILES string of the molecule is COc1cc(C(=O)Nc2ccc(C3=NC4C=CC(NC(=O)c5ccc(Cl)cc5)=CC4N3)cc2)cc(OC)c1OC. The molecule has 0 radical (unpaired) electrons. The molecule has 0 saturated carbocycles. The molecule has 204 valence electrons. The molecular weight excluding hydrogens is 532 g/mol. The van der Waals surface area contributed by atoms with Crippen molar-refractivity contribution in [2.75, 3.05) is 26.6 Å². The summed E-state index contributed by atoms with van der Waals surface area (Å²) in [7, 11) is 4.50. The fourth-order valence-electron chi connectivity index (χ4n) is 4.44. The molecule has 3 N–H and O–H groups in total. The number of aliphatic imine (C=N–C) groups is 1. The van der Waals surface area contributed by atoms with Crippen LogP contribution >= 0.6 is 11.6 Å². The number of nitrogens with one attached hydrogen (secondary N) is 3. The molecule has 2 unspecified atom stereocenters. The second-order valence-corrected chi connectivity index (χ2v) is 9.46. The number of hydrogen-bond acceptors (Lipinski definition) is 7. The number of methoxy groups -OCH3 is 3. The van der Waals surface area contributed by atoms with Gasteiger partial charge in [-0.05, 0) is 72.8 Å². The highest BCUT2D eigenvalue weighted by atomic mass is 35.5. The molecule has 3 aromatic rings. The van der Waals surface area contributed by atoms with E-state index >= 15 is 0 Å². The van der Waals surface area contributed by atoms with E-state index in [-0.39, 0.29) is 23.9 Å². The van der Waals surface area contributed by atoms with E-state index in [1.54, 1.807) is 48.5 Å². The van der Waals surface area contributed by atoms with Crippen LogP contribution in [0.3, 0.4) is 0 Å². The van der Waals surface area contributed by atoms with Gasteiger partial charge < -0.3 is 30.2 Å². The van der Waals surface area contributed by atoms with E-state index in [1.165, 1.54) is 21.3 Å². The first-order chi connectivity index (χ1) is 19.4. The standard InChI is InChI=1S/C30H27ClN4O5/c1-38-25-14-19(15-26(39-2)27(25)40-3)30(37)32-21-10-6-17(7-11-21)28-34-23-13-12-22(16-24(23)35-28)33-29(36)18-4-8-20(31)9-5-18/h4-16,23-24H,1-3H3,(H,32,37)(H,33,36)(H,34,35). The number of carbonyl (C=O) groups excluding carboxylic acids is 2. The summed E-state index contributed by atoms with van der Waals surface area (Å²) < 4.78 is 16.0. The van der Waals surface area contributed by atoms with Gasteiger partial charge >= 0.3 is 0 Å². The second-order valence-electron chi connectivity index (χ2n) is 9.03. The fraction of sp³-hybridized carbons (Fsp3) is 0.167. The Morgan fingerprint density at radius 2 is 1.50 bits per heavy atom. The first kappa shape index (κ1) is 26.8. The Balaban J connectivity index is 1.23. The molecule has 5 rings (SSSR count). The van der Waals surface area contributed by atoms with Crippen molar-refractivity contribution in [3.8, 4) is 17.2 Å². The van der Waals surface area contributed by atoms with Crippen molar-refractivity contribution >= 4 is 34.9 Å². The van der Waals surface area contributed by atoms with Gasteiger partial charge in [0, 0.05) is 33.1 Å². The smallest absolute Gasteiger partial charge is 0.255 e. The van der Waals surface area contributed by atoms with E-state index in [4.69, 9.17) is 30.8 Å². The number of rotatable bonds is 8. The van der Waals surface area contributed by atoms with Crippen LogP contribution in [0, 0.1) is 0 Å². The van der Waals surface area contributed by atoms with Crippen LogP contribution in [0.4, 0.5) is 5.69 Å². The van der Waals surface area contributed by atoms with Gasteiger partial charge in [0.1, 0.15) is 5.84 Å². The van der Waals surface area contributed by atoms with Gasteiger partial charge in [0.2, 0.25) is 5.75 Å². The molecule has 1 aliphatic carbocycles. The number of halogens is 1. The largest absolute Gasteiger partial charge is 0.493 e. The minimum atomic E-state index is -0.321. The lowest BCUT2D eigenvalue weighted by molar-refractivity contribution is 0.0965. The molecule has 2 aliphatic rings. The molecule has 0 spiro atoms. The van der Waals surface area contributed by atoms with Crippen molar-refractivity contribution in [3.05, 3.63) is 106 Å². The summed E-state index contributed by atoms with van der Waals surface area (Å²) in [5, 5.41) is 9.79. The Hall–Kier alpha value is -4.76. The van der Waals surface area contributed by atoms with Crippen LogP contribution in [-0.4, -0.2) is 51.1 Å². The fourth-order valence-corrected chi connectivity index (χ4v) is 4.56. The Labute approximate surface area is 236 Å². The van der Waals surface area contributed by atoms with Crippen LogP contribution in [0.5, 0.6) is 17.2 Å². The van der Waals surface area contributed by atoms with Gasteiger partial charge in [-0.25, -0.2) is 0 Å². The summed E-state index contributed by atoms with van der Waals surface area (Å²) in [5.41, 5.74) is 3.06. The summed E-state index contributed by atoms with van der Waals surface area (Å²) in [6.07, 6.45) is 5.75. The van der Waals surface area contributed by atoms with Crippen LogP contribution in [0.25, 0.3) is 0 Å². The minimum Gasteiger partial charge on any atom is -0.493 e. The lowest BCUT2D eigenvalue weighted by Gasteiger charge is -2.18. The normalized spacial score (nSPS) is 17.1. The van der Waals surface area contributed by atoms with Crippen LogP contribution < -0.4 is 30.2 Å². The van der Waals surface area contributed by atoms with Crippen molar-refractivity contribution in [2.24, 2.45) is 4.99 Å². The number of amides is 2. The molecule has 2 amide bonds. The van der Waals surface area contributed by atoms with Crippen molar-refractivity contribution in [2.45, 2.75) is 12.1 Å². The van der Waals surface area contributed by atoms with Crippen LogP contribution in [0.15, 0.2) is 89.6 Å². The average Bonchev–Trinajstić information content (AvgIpc) is 3.40. The zero-order valence-electron chi connectivity index (χ0n) is 22.0. The minimum absolute atomic E-state index is 0.0920. The van der Waals surface area contributed by atoms with Crippen LogP contribution in [0.2, 0.25) is 5.02 Å². The van der Waals surface area contributed by atoms with Gasteiger partial charge in [0.15, 0.2) is 11.5 Å². The zero-order valence-corrected chi connectivity index (χ0v) is 22.8. The predicted octanol–water partition coefficient (Wildman–Crippen LogP) is 4.59. The van der Waals surface area contributed by atoms with E-state index < -0.39 is 0 Å². The number of anilines is 1. The van der Waals surface area contributed by atoms with Crippen LogP contribution in [-0.2, 0) is 0 Å². The monoisotopic (exact) mass is 558 g/mol. The van der Waals surface area contributed by atoms with Gasteiger partial charge in [-0.1, -0.05) is 17.7 Å². The molecule has 40 heavy (non-hydrogen) atoms. The second kappa shape index (κ2) is 11.5. The summed E-state index contributed by atoms with van der Waals surface area (Å²) in [6.45, 7) is 0. The van der Waals surface area contributed by atoms with Gasteiger partial charge in [0.25, 0.3) is 11.8 Å². The molecule has 3 aromatic carbocycles. The Kier molecular flexibility index (Phi) is 7.75. The third kappa shape index (κ3) is 5.64. The number of allylic oxidation sites excluding steroid dienone is 1. The third-order valence-corrected chi connectivity index (χ3v) is 6.74. The van der Waals surface area contributed by atoms with Crippen molar-refractivity contribution in [1.82, 2.24) is 10.6 Å². The van der Waals surface area contributed by atoms with Crippen molar-refractivity contribution < 1.29 is 23.8 Å². The highest BCUT2D eigenvalue weighted by molar-refractivity contribution is 6.30. The molecule has 1 heterocycles. The number of hydrogen-bond donors (Lipinski definition) is 3. The first-order valence-corrected chi connectivity index (χ1v) is 12.8. The predicted molar refractivity (Wildman–Crippen MR) is 154 cm³/mol. The number of amidine groups is 1. The van der Waals surface area contributed by atoms with Crippen molar-refractivity contribution in [1.29, 1.82) is 0 Å². The number of fused-ring (bicyclic) bond motifs is 1. The summed E-state index contributed by atoms with van der Waals surface area (Å²) in [4.78, 5) is 30.3. The molecular formula is C30H27ClN4O5. The molecule has 2 atom stereocenters. The Morgan fingerprint density at radius 1 is 0.850 bits per heavy atom. The molecule has 1 aliphatic heterocycles. The average molecular weight is 559 g/mol. The van der Waals surface area contributed by atoms with E-state index in [0.29, 0.717) is 44.8 Å². The Bertz CT molecular complexity index is 1510. The highest BCUT2D eigenvalue weighted by Gasteiger charge is 2.28. The summed E-state index contributed by atoms with van der Waals surface area (Å²) >= 11 is 5.91. The van der Waals surface area contributed by atoms with E-state index in [2.05, 4.69) is 16.0 Å². The molecule has 9 nitrogen and oxygen atoms in total. The summed E-state index contributed by atoms with van der Waals surface area (Å²) in [6, 6.07) is 17.1. The van der Waals surface area contributed by atoms with Gasteiger partial charge in [-0.15, -0.1) is 0 Å². The van der Waals surface area contributed by atoms with Gasteiger partial charge in [-0.2, -0.15) is 0 Å².